The lowest BCUT2D eigenvalue weighted by molar-refractivity contribution is 0.525. The Morgan fingerprint density at radius 3 is 2.78 bits per heavy atom. The Morgan fingerprint density at radius 1 is 1.13 bits per heavy atom. The van der Waals surface area contributed by atoms with Gasteiger partial charge in [-0.15, -0.1) is 0 Å². The Labute approximate surface area is 135 Å². The maximum atomic E-state index is 5.92. The fourth-order valence-electron chi connectivity index (χ4n) is 3.05. The Bertz CT molecular complexity index is 774. The van der Waals surface area contributed by atoms with E-state index in [0.29, 0.717) is 0 Å². The highest BCUT2D eigenvalue weighted by atomic mass is 16.3. The van der Waals surface area contributed by atoms with Gasteiger partial charge in [0.05, 0.1) is 6.04 Å². The monoisotopic (exact) mass is 308 g/mol. The third-order valence-electron chi connectivity index (χ3n) is 4.32. The molecule has 5 heteroatoms. The molecule has 0 radical (unpaired) electrons. The number of anilines is 2. The van der Waals surface area contributed by atoms with E-state index in [1.807, 2.05) is 24.3 Å². The minimum absolute atomic E-state index is 0.0451. The van der Waals surface area contributed by atoms with Crippen LogP contribution in [0.1, 0.15) is 31.6 Å². The molecular weight excluding hydrogens is 288 g/mol. The molecule has 3 aromatic rings. The maximum absolute atomic E-state index is 5.92. The number of rotatable bonds is 4. The van der Waals surface area contributed by atoms with E-state index in [9.17, 15) is 0 Å². The van der Waals surface area contributed by atoms with Gasteiger partial charge in [0.2, 0.25) is 0 Å². The second-order valence-corrected chi connectivity index (χ2v) is 6.01. The van der Waals surface area contributed by atoms with Crippen molar-refractivity contribution in [3.63, 3.8) is 0 Å². The molecule has 3 heterocycles. The highest BCUT2D eigenvalue weighted by Crippen LogP contribution is 2.26. The zero-order valence-corrected chi connectivity index (χ0v) is 13.2. The smallest absolute Gasteiger partial charge is 0.134 e. The average molecular weight is 308 g/mol. The van der Waals surface area contributed by atoms with Crippen molar-refractivity contribution < 1.29 is 4.42 Å². The Hall–Kier alpha value is -2.56. The zero-order valence-electron chi connectivity index (χ0n) is 13.2. The fourth-order valence-corrected chi connectivity index (χ4v) is 3.05. The number of furan rings is 1. The number of benzene rings is 1. The van der Waals surface area contributed by atoms with E-state index in [0.717, 1.165) is 41.5 Å². The average Bonchev–Trinajstić information content (AvgIpc) is 3.24. The molecule has 1 atom stereocenters. The van der Waals surface area contributed by atoms with Gasteiger partial charge in [-0.1, -0.05) is 18.2 Å². The van der Waals surface area contributed by atoms with Gasteiger partial charge >= 0.3 is 0 Å². The van der Waals surface area contributed by atoms with E-state index in [-0.39, 0.29) is 6.04 Å². The van der Waals surface area contributed by atoms with Crippen molar-refractivity contribution in [2.24, 2.45) is 0 Å². The molecule has 1 saturated heterocycles. The molecule has 1 unspecified atom stereocenters. The summed E-state index contributed by atoms with van der Waals surface area (Å²) in [6.45, 7) is 4.24. The van der Waals surface area contributed by atoms with Crippen molar-refractivity contribution >= 4 is 22.6 Å². The van der Waals surface area contributed by atoms with Crippen LogP contribution < -0.4 is 10.2 Å². The van der Waals surface area contributed by atoms with E-state index in [1.54, 1.807) is 6.33 Å². The van der Waals surface area contributed by atoms with Crippen LogP contribution in [-0.2, 0) is 0 Å². The van der Waals surface area contributed by atoms with Crippen molar-refractivity contribution in [1.82, 2.24) is 9.97 Å². The van der Waals surface area contributed by atoms with Gasteiger partial charge in [-0.05, 0) is 31.9 Å². The van der Waals surface area contributed by atoms with Crippen LogP contribution in [-0.4, -0.2) is 23.1 Å². The number of nitrogens with zero attached hydrogens (tertiary/aromatic N) is 3. The number of nitrogens with one attached hydrogen (secondary N) is 1. The number of para-hydroxylation sites is 1. The van der Waals surface area contributed by atoms with Gasteiger partial charge in [-0.2, -0.15) is 0 Å². The highest BCUT2D eigenvalue weighted by molar-refractivity contribution is 5.77. The van der Waals surface area contributed by atoms with Gasteiger partial charge in [0.1, 0.15) is 29.3 Å². The lowest BCUT2D eigenvalue weighted by atomic mass is 10.2. The first-order valence-corrected chi connectivity index (χ1v) is 8.11. The second kappa shape index (κ2) is 5.91. The first-order valence-electron chi connectivity index (χ1n) is 8.11. The number of hydrogen-bond acceptors (Lipinski definition) is 5. The van der Waals surface area contributed by atoms with Crippen LogP contribution in [0.15, 0.2) is 47.1 Å². The van der Waals surface area contributed by atoms with Gasteiger partial charge in [0, 0.05) is 24.5 Å². The molecule has 118 valence electrons. The maximum Gasteiger partial charge on any atom is 0.134 e. The van der Waals surface area contributed by atoms with Crippen LogP contribution >= 0.6 is 0 Å². The SMILES string of the molecule is CC(Nc1cc(N2CCCC2)ncn1)c1cc2ccccc2o1. The number of hydrogen-bond donors (Lipinski definition) is 1. The summed E-state index contributed by atoms with van der Waals surface area (Å²) in [5.74, 6) is 2.74. The van der Waals surface area contributed by atoms with Crippen LogP contribution in [0.3, 0.4) is 0 Å². The molecule has 1 aliphatic rings. The third-order valence-corrected chi connectivity index (χ3v) is 4.32. The first kappa shape index (κ1) is 14.1. The van der Waals surface area contributed by atoms with Crippen LogP contribution in [0.25, 0.3) is 11.0 Å². The summed E-state index contributed by atoms with van der Waals surface area (Å²) in [7, 11) is 0. The van der Waals surface area contributed by atoms with E-state index < -0.39 is 0 Å². The van der Waals surface area contributed by atoms with Crippen molar-refractivity contribution in [2.75, 3.05) is 23.3 Å². The molecule has 4 rings (SSSR count). The summed E-state index contributed by atoms with van der Waals surface area (Å²) in [5.41, 5.74) is 0.914. The lowest BCUT2D eigenvalue weighted by Crippen LogP contribution is -2.19. The summed E-state index contributed by atoms with van der Waals surface area (Å²) < 4.78 is 5.92. The molecule has 0 bridgehead atoms. The van der Waals surface area contributed by atoms with Crippen molar-refractivity contribution in [3.05, 3.63) is 48.5 Å². The summed E-state index contributed by atoms with van der Waals surface area (Å²) in [4.78, 5) is 11.0. The van der Waals surface area contributed by atoms with Crippen LogP contribution in [0.2, 0.25) is 0 Å². The van der Waals surface area contributed by atoms with Crippen molar-refractivity contribution in [1.29, 1.82) is 0 Å². The zero-order chi connectivity index (χ0) is 15.6. The van der Waals surface area contributed by atoms with Gasteiger partial charge in [0.25, 0.3) is 0 Å². The molecular formula is C18H20N4O. The second-order valence-electron chi connectivity index (χ2n) is 6.01. The quantitative estimate of drug-likeness (QED) is 0.789. The molecule has 23 heavy (non-hydrogen) atoms. The summed E-state index contributed by atoms with van der Waals surface area (Å²) in [6.07, 6.45) is 4.10. The van der Waals surface area contributed by atoms with Crippen LogP contribution in [0.4, 0.5) is 11.6 Å². The van der Waals surface area contributed by atoms with E-state index in [4.69, 9.17) is 4.42 Å². The minimum atomic E-state index is 0.0451. The summed E-state index contributed by atoms with van der Waals surface area (Å²) in [5, 5.41) is 4.53. The first-order chi connectivity index (χ1) is 11.3. The lowest BCUT2D eigenvalue weighted by Gasteiger charge is -2.18. The van der Waals surface area contributed by atoms with Crippen LogP contribution in [0, 0.1) is 0 Å². The molecule has 1 aliphatic heterocycles. The standard InChI is InChI=1S/C18H20N4O/c1-13(16-10-14-6-2-3-7-15(14)23-16)21-17-11-18(20-12-19-17)22-8-4-5-9-22/h2-3,6-7,10-13H,4-5,8-9H2,1H3,(H,19,20,21). The molecule has 0 saturated carbocycles. The third kappa shape index (κ3) is 2.86. The molecule has 5 nitrogen and oxygen atoms in total. The number of fused-ring (bicyclic) bond motifs is 1. The normalized spacial score (nSPS) is 16.0. The number of aromatic nitrogens is 2. The Morgan fingerprint density at radius 2 is 1.96 bits per heavy atom. The Balaban J connectivity index is 1.53. The van der Waals surface area contributed by atoms with E-state index in [1.165, 1.54) is 12.8 Å². The molecule has 2 aromatic heterocycles. The topological polar surface area (TPSA) is 54.2 Å². The molecule has 1 N–H and O–H groups in total. The van der Waals surface area contributed by atoms with Crippen LogP contribution in [0.5, 0.6) is 0 Å². The minimum Gasteiger partial charge on any atom is -0.459 e. The van der Waals surface area contributed by atoms with E-state index >= 15 is 0 Å². The fraction of sp³-hybridized carbons (Fsp3) is 0.333. The predicted molar refractivity (Wildman–Crippen MR) is 91.7 cm³/mol. The molecule has 1 aromatic carbocycles. The molecule has 0 aliphatic carbocycles. The van der Waals surface area contributed by atoms with Gasteiger partial charge < -0.3 is 14.6 Å². The van der Waals surface area contributed by atoms with Crippen molar-refractivity contribution in [3.8, 4) is 0 Å². The van der Waals surface area contributed by atoms with Gasteiger partial charge in [-0.3, -0.25) is 0 Å². The van der Waals surface area contributed by atoms with Crippen molar-refractivity contribution in [2.45, 2.75) is 25.8 Å². The molecule has 1 fully saturated rings. The van der Waals surface area contributed by atoms with Gasteiger partial charge in [-0.25, -0.2) is 9.97 Å². The largest absolute Gasteiger partial charge is 0.459 e. The molecule has 0 spiro atoms. The summed E-state index contributed by atoms with van der Waals surface area (Å²) >= 11 is 0. The van der Waals surface area contributed by atoms with Gasteiger partial charge in [0.15, 0.2) is 0 Å². The highest BCUT2D eigenvalue weighted by Gasteiger charge is 2.16. The summed E-state index contributed by atoms with van der Waals surface area (Å²) in [6, 6.07) is 12.2. The molecule has 0 amide bonds. The predicted octanol–water partition coefficient (Wildman–Crippen LogP) is 4.00. The Kier molecular flexibility index (Phi) is 3.61. The van der Waals surface area contributed by atoms with E-state index in [2.05, 4.69) is 39.2 Å².